The third-order valence-electron chi connectivity index (χ3n) is 3.65. The van der Waals surface area contributed by atoms with E-state index in [1.807, 2.05) is 0 Å². The van der Waals surface area contributed by atoms with E-state index < -0.39 is 9.84 Å². The highest BCUT2D eigenvalue weighted by Gasteiger charge is 2.32. The molecule has 2 unspecified atom stereocenters. The Morgan fingerprint density at radius 1 is 1.35 bits per heavy atom. The van der Waals surface area contributed by atoms with Crippen LogP contribution in [0.4, 0.5) is 0 Å². The normalized spacial score (nSPS) is 35.9. The molecule has 0 aromatic heterocycles. The lowest BCUT2D eigenvalue weighted by molar-refractivity contribution is -0.0150. The number of nitrogens with one attached hydrogen (secondary N) is 1. The van der Waals surface area contributed by atoms with Gasteiger partial charge in [-0.15, -0.1) is 0 Å². The number of hydrogen-bond acceptors (Lipinski definition) is 4. The zero-order valence-corrected chi connectivity index (χ0v) is 11.6. The van der Waals surface area contributed by atoms with Crippen LogP contribution in [0.3, 0.4) is 0 Å². The van der Waals surface area contributed by atoms with Gasteiger partial charge in [0.15, 0.2) is 9.84 Å². The van der Waals surface area contributed by atoms with Gasteiger partial charge in [0.1, 0.15) is 0 Å². The smallest absolute Gasteiger partial charge is 0.151 e. The molecule has 0 amide bonds. The summed E-state index contributed by atoms with van der Waals surface area (Å²) < 4.78 is 28.9. The summed E-state index contributed by atoms with van der Waals surface area (Å²) in [5.41, 5.74) is -0.00894. The van der Waals surface area contributed by atoms with Gasteiger partial charge in [-0.1, -0.05) is 0 Å². The maximum Gasteiger partial charge on any atom is 0.151 e. The topological polar surface area (TPSA) is 55.4 Å². The Balaban J connectivity index is 1.76. The fraction of sp³-hybridized carbons (Fsp3) is 1.00. The highest BCUT2D eigenvalue weighted by atomic mass is 32.2. The first kappa shape index (κ1) is 13.3. The average Bonchev–Trinajstić information content (AvgIpc) is 2.54. The van der Waals surface area contributed by atoms with Crippen LogP contribution in [-0.4, -0.2) is 44.2 Å². The summed E-state index contributed by atoms with van der Waals surface area (Å²) in [6, 6.07) is 0.126. The first-order chi connectivity index (χ1) is 7.86. The van der Waals surface area contributed by atoms with E-state index in [4.69, 9.17) is 4.74 Å². The van der Waals surface area contributed by atoms with Crippen molar-refractivity contribution in [3.05, 3.63) is 0 Å². The van der Waals surface area contributed by atoms with Crippen LogP contribution < -0.4 is 5.32 Å². The molecule has 4 nitrogen and oxygen atoms in total. The molecule has 2 aliphatic rings. The summed E-state index contributed by atoms with van der Waals surface area (Å²) in [4.78, 5) is 0. The van der Waals surface area contributed by atoms with Gasteiger partial charge in [0.2, 0.25) is 0 Å². The van der Waals surface area contributed by atoms with Gasteiger partial charge in [0, 0.05) is 12.6 Å². The fourth-order valence-corrected chi connectivity index (χ4v) is 4.37. The Hall–Kier alpha value is -0.130. The van der Waals surface area contributed by atoms with Crippen LogP contribution >= 0.6 is 0 Å². The molecule has 17 heavy (non-hydrogen) atoms. The van der Waals surface area contributed by atoms with E-state index in [-0.39, 0.29) is 17.7 Å². The molecule has 0 spiro atoms. The molecule has 2 atom stereocenters. The van der Waals surface area contributed by atoms with Gasteiger partial charge in [0.05, 0.1) is 23.2 Å². The molecule has 0 aliphatic carbocycles. The Labute approximate surface area is 104 Å². The van der Waals surface area contributed by atoms with Crippen LogP contribution in [0.1, 0.15) is 39.5 Å². The molecule has 5 heteroatoms. The van der Waals surface area contributed by atoms with Crippen LogP contribution in [0.5, 0.6) is 0 Å². The van der Waals surface area contributed by atoms with Gasteiger partial charge < -0.3 is 10.1 Å². The number of sulfone groups is 1. The zero-order valence-electron chi connectivity index (χ0n) is 10.7. The van der Waals surface area contributed by atoms with E-state index in [0.717, 1.165) is 32.2 Å². The predicted molar refractivity (Wildman–Crippen MR) is 67.9 cm³/mol. The molecule has 2 fully saturated rings. The van der Waals surface area contributed by atoms with Gasteiger partial charge in [-0.05, 0) is 39.5 Å². The summed E-state index contributed by atoms with van der Waals surface area (Å²) in [6.07, 6.45) is 4.16. The molecule has 2 rings (SSSR count). The van der Waals surface area contributed by atoms with Gasteiger partial charge >= 0.3 is 0 Å². The second kappa shape index (κ2) is 4.86. The maximum atomic E-state index is 11.5. The van der Waals surface area contributed by atoms with Crippen molar-refractivity contribution in [3.63, 3.8) is 0 Å². The lowest BCUT2D eigenvalue weighted by Crippen LogP contribution is -2.43. The minimum Gasteiger partial charge on any atom is -0.371 e. The fourth-order valence-electron chi connectivity index (χ4n) is 2.70. The first-order valence-corrected chi connectivity index (χ1v) is 8.30. The summed E-state index contributed by atoms with van der Waals surface area (Å²) >= 11 is 0. The molecule has 2 aliphatic heterocycles. The van der Waals surface area contributed by atoms with Crippen molar-refractivity contribution in [1.82, 2.24) is 5.32 Å². The number of hydrogen-bond donors (Lipinski definition) is 1. The number of ether oxygens (including phenoxy) is 1. The van der Waals surface area contributed by atoms with E-state index in [0.29, 0.717) is 11.5 Å². The molecular weight excluding hydrogens is 238 g/mol. The van der Waals surface area contributed by atoms with Crippen molar-refractivity contribution in [1.29, 1.82) is 0 Å². The highest BCUT2D eigenvalue weighted by Crippen LogP contribution is 2.29. The SMILES string of the molecule is CC1(C)CCC(CNC2CCCS(=O)(=O)C2)O1. The average molecular weight is 261 g/mol. The standard InChI is InChI=1S/C12H23NO3S/c1-12(2)6-5-11(16-12)8-13-10-4-3-7-17(14,15)9-10/h10-11,13H,3-9H2,1-2H3. The predicted octanol–water partition coefficient (Wildman–Crippen LogP) is 1.11. The van der Waals surface area contributed by atoms with Crippen molar-refractivity contribution in [2.45, 2.75) is 57.3 Å². The van der Waals surface area contributed by atoms with Crippen molar-refractivity contribution in [2.75, 3.05) is 18.1 Å². The summed E-state index contributed by atoms with van der Waals surface area (Å²) in [7, 11) is -2.80. The highest BCUT2D eigenvalue weighted by molar-refractivity contribution is 7.91. The molecule has 2 heterocycles. The van der Waals surface area contributed by atoms with Gasteiger partial charge in [-0.25, -0.2) is 8.42 Å². The third kappa shape index (κ3) is 3.93. The third-order valence-corrected chi connectivity index (χ3v) is 5.47. The molecule has 100 valence electrons. The molecule has 1 N–H and O–H groups in total. The molecular formula is C12H23NO3S. The second-order valence-corrected chi connectivity index (χ2v) is 8.13. The van der Waals surface area contributed by atoms with E-state index in [1.165, 1.54) is 0 Å². The van der Waals surface area contributed by atoms with E-state index in [1.54, 1.807) is 0 Å². The summed E-state index contributed by atoms with van der Waals surface area (Å²) in [5, 5.41) is 3.35. The van der Waals surface area contributed by atoms with Crippen molar-refractivity contribution < 1.29 is 13.2 Å². The van der Waals surface area contributed by atoms with Crippen LogP contribution in [0.2, 0.25) is 0 Å². The molecule has 0 aromatic rings. The van der Waals surface area contributed by atoms with Gasteiger partial charge in [-0.3, -0.25) is 0 Å². The molecule has 0 bridgehead atoms. The minimum absolute atomic E-state index is 0.00894. The van der Waals surface area contributed by atoms with Gasteiger partial charge in [-0.2, -0.15) is 0 Å². The summed E-state index contributed by atoms with van der Waals surface area (Å²) in [6.45, 7) is 5.00. The minimum atomic E-state index is -2.80. The second-order valence-electron chi connectivity index (χ2n) is 5.90. The lowest BCUT2D eigenvalue weighted by atomic mass is 10.1. The molecule has 0 saturated carbocycles. The number of rotatable bonds is 3. The van der Waals surface area contributed by atoms with E-state index >= 15 is 0 Å². The van der Waals surface area contributed by atoms with E-state index in [2.05, 4.69) is 19.2 Å². The molecule has 2 saturated heterocycles. The zero-order chi connectivity index (χ0) is 12.5. The Bertz CT molecular complexity index is 364. The molecule has 0 radical (unpaired) electrons. The lowest BCUT2D eigenvalue weighted by Gasteiger charge is -2.25. The summed E-state index contributed by atoms with van der Waals surface area (Å²) in [5.74, 6) is 0.654. The Kier molecular flexibility index (Phi) is 3.80. The van der Waals surface area contributed by atoms with Crippen molar-refractivity contribution in [2.24, 2.45) is 0 Å². The van der Waals surface area contributed by atoms with Crippen LogP contribution in [0.15, 0.2) is 0 Å². The quantitative estimate of drug-likeness (QED) is 0.827. The maximum absolute atomic E-state index is 11.5. The van der Waals surface area contributed by atoms with Crippen molar-refractivity contribution >= 4 is 9.84 Å². The van der Waals surface area contributed by atoms with E-state index in [9.17, 15) is 8.42 Å². The first-order valence-electron chi connectivity index (χ1n) is 6.48. The largest absolute Gasteiger partial charge is 0.371 e. The van der Waals surface area contributed by atoms with Crippen LogP contribution in [0, 0.1) is 0 Å². The molecule has 0 aromatic carbocycles. The van der Waals surface area contributed by atoms with Crippen LogP contribution in [0.25, 0.3) is 0 Å². The Morgan fingerprint density at radius 3 is 2.71 bits per heavy atom. The monoisotopic (exact) mass is 261 g/mol. The van der Waals surface area contributed by atoms with Crippen molar-refractivity contribution in [3.8, 4) is 0 Å². The van der Waals surface area contributed by atoms with Crippen LogP contribution in [-0.2, 0) is 14.6 Å². The van der Waals surface area contributed by atoms with Gasteiger partial charge in [0.25, 0.3) is 0 Å². The Morgan fingerprint density at radius 2 is 2.12 bits per heavy atom.